The monoisotopic (exact) mass is 244 g/mol. The van der Waals surface area contributed by atoms with Crippen molar-refractivity contribution in [3.05, 3.63) is 41.9 Å². The third kappa shape index (κ3) is 2.37. The Labute approximate surface area is 104 Å². The van der Waals surface area contributed by atoms with Crippen LogP contribution in [0.4, 0.5) is 17.2 Å². The van der Waals surface area contributed by atoms with Gasteiger partial charge in [-0.1, -0.05) is 0 Å². The summed E-state index contributed by atoms with van der Waals surface area (Å²) >= 11 is 0. The number of aromatic nitrogens is 2. The van der Waals surface area contributed by atoms with E-state index in [1.54, 1.807) is 12.3 Å². The maximum Gasteiger partial charge on any atom is 0.354 e. The van der Waals surface area contributed by atoms with Crippen molar-refractivity contribution < 1.29 is 9.90 Å². The Morgan fingerprint density at radius 2 is 2.17 bits per heavy atom. The third-order valence-electron chi connectivity index (χ3n) is 2.41. The van der Waals surface area contributed by atoms with Gasteiger partial charge in [-0.25, -0.2) is 9.78 Å². The lowest BCUT2D eigenvalue weighted by atomic mass is 10.3. The van der Waals surface area contributed by atoms with E-state index in [1.807, 2.05) is 13.0 Å². The molecule has 6 heteroatoms. The maximum atomic E-state index is 10.8. The van der Waals surface area contributed by atoms with Gasteiger partial charge in [-0.3, -0.25) is 4.98 Å². The van der Waals surface area contributed by atoms with Gasteiger partial charge in [0.2, 0.25) is 0 Å². The highest BCUT2D eigenvalue weighted by Gasteiger charge is 2.09. The molecule has 92 valence electrons. The van der Waals surface area contributed by atoms with Gasteiger partial charge in [0.15, 0.2) is 11.5 Å². The summed E-state index contributed by atoms with van der Waals surface area (Å²) in [6.07, 6.45) is 1.67. The van der Waals surface area contributed by atoms with Crippen molar-refractivity contribution in [2.24, 2.45) is 0 Å². The number of anilines is 3. The molecule has 2 aromatic rings. The lowest BCUT2D eigenvalue weighted by Crippen LogP contribution is -2.06. The Hall–Kier alpha value is -2.63. The van der Waals surface area contributed by atoms with Crippen LogP contribution in [0.1, 0.15) is 16.2 Å². The first-order valence-corrected chi connectivity index (χ1v) is 5.26. The standard InChI is InChI=1S/C12H12N4O2/c1-7-9(3-2-6-14-7)15-11-8(13)4-5-10(16-11)12(17)18/h2-6H,13H2,1H3,(H,15,16)(H,17,18). The topological polar surface area (TPSA) is 101 Å². The van der Waals surface area contributed by atoms with E-state index in [4.69, 9.17) is 10.8 Å². The number of nitrogens with one attached hydrogen (secondary N) is 1. The average Bonchev–Trinajstić information content (AvgIpc) is 2.34. The molecule has 0 radical (unpaired) electrons. The minimum absolute atomic E-state index is 0.0618. The fraction of sp³-hybridized carbons (Fsp3) is 0.0833. The predicted octanol–water partition coefficient (Wildman–Crippen LogP) is 1.81. The Bertz CT molecular complexity index is 598. The van der Waals surface area contributed by atoms with Gasteiger partial charge < -0.3 is 16.2 Å². The summed E-state index contributed by atoms with van der Waals surface area (Å²) in [5, 5.41) is 11.9. The predicted molar refractivity (Wildman–Crippen MR) is 67.9 cm³/mol. The van der Waals surface area contributed by atoms with Crippen LogP contribution in [-0.4, -0.2) is 21.0 Å². The van der Waals surface area contributed by atoms with Gasteiger partial charge in [0.05, 0.1) is 17.1 Å². The molecule has 2 aromatic heterocycles. The smallest absolute Gasteiger partial charge is 0.354 e. The molecule has 6 nitrogen and oxygen atoms in total. The first-order chi connectivity index (χ1) is 8.58. The minimum Gasteiger partial charge on any atom is -0.477 e. The highest BCUT2D eigenvalue weighted by molar-refractivity contribution is 5.87. The number of pyridine rings is 2. The maximum absolute atomic E-state index is 10.8. The Balaban J connectivity index is 2.37. The second-order valence-corrected chi connectivity index (χ2v) is 3.70. The van der Waals surface area contributed by atoms with Gasteiger partial charge in [-0.15, -0.1) is 0 Å². The molecule has 0 aromatic carbocycles. The number of hydrogen-bond acceptors (Lipinski definition) is 5. The first kappa shape index (κ1) is 11.8. The Morgan fingerprint density at radius 3 is 2.83 bits per heavy atom. The van der Waals surface area contributed by atoms with Crippen molar-refractivity contribution in [2.45, 2.75) is 6.92 Å². The summed E-state index contributed by atoms with van der Waals surface area (Å²) < 4.78 is 0. The summed E-state index contributed by atoms with van der Waals surface area (Å²) in [5.74, 6) is -0.785. The summed E-state index contributed by atoms with van der Waals surface area (Å²) in [4.78, 5) is 18.9. The van der Waals surface area contributed by atoms with Crippen molar-refractivity contribution >= 4 is 23.2 Å². The third-order valence-corrected chi connectivity index (χ3v) is 2.41. The fourth-order valence-corrected chi connectivity index (χ4v) is 1.43. The van der Waals surface area contributed by atoms with E-state index >= 15 is 0 Å². The zero-order chi connectivity index (χ0) is 13.1. The summed E-state index contributed by atoms with van der Waals surface area (Å²) in [5.41, 5.74) is 7.58. The summed E-state index contributed by atoms with van der Waals surface area (Å²) in [6, 6.07) is 6.45. The molecule has 0 fully saturated rings. The second kappa shape index (κ2) is 4.70. The van der Waals surface area contributed by atoms with E-state index in [0.717, 1.165) is 11.4 Å². The number of nitrogen functional groups attached to an aromatic ring is 1. The van der Waals surface area contributed by atoms with Crippen LogP contribution in [0.15, 0.2) is 30.5 Å². The number of carboxylic acid groups (broad SMARTS) is 1. The van der Waals surface area contributed by atoms with Crippen LogP contribution in [0.2, 0.25) is 0 Å². The molecule has 0 saturated carbocycles. The summed E-state index contributed by atoms with van der Waals surface area (Å²) in [6.45, 7) is 1.83. The number of carbonyl (C=O) groups is 1. The van der Waals surface area contributed by atoms with E-state index in [9.17, 15) is 4.79 Å². The van der Waals surface area contributed by atoms with Crippen LogP contribution in [0.3, 0.4) is 0 Å². The van der Waals surface area contributed by atoms with Crippen LogP contribution in [-0.2, 0) is 0 Å². The van der Waals surface area contributed by atoms with Gasteiger partial charge in [0.1, 0.15) is 0 Å². The van der Waals surface area contributed by atoms with E-state index in [2.05, 4.69) is 15.3 Å². The molecule has 0 unspecified atom stereocenters. The van der Waals surface area contributed by atoms with Gasteiger partial charge in [-0.05, 0) is 31.2 Å². The average molecular weight is 244 g/mol. The molecule has 18 heavy (non-hydrogen) atoms. The fourth-order valence-electron chi connectivity index (χ4n) is 1.43. The minimum atomic E-state index is -1.10. The molecule has 0 saturated heterocycles. The molecule has 2 rings (SSSR count). The molecule has 0 amide bonds. The molecular formula is C12H12N4O2. The van der Waals surface area contributed by atoms with Crippen molar-refractivity contribution in [3.63, 3.8) is 0 Å². The zero-order valence-corrected chi connectivity index (χ0v) is 9.71. The highest BCUT2D eigenvalue weighted by Crippen LogP contribution is 2.22. The largest absolute Gasteiger partial charge is 0.477 e. The molecule has 0 atom stereocenters. The van der Waals surface area contributed by atoms with E-state index in [1.165, 1.54) is 12.1 Å². The Morgan fingerprint density at radius 1 is 1.39 bits per heavy atom. The van der Waals surface area contributed by atoms with E-state index in [0.29, 0.717) is 11.5 Å². The first-order valence-electron chi connectivity index (χ1n) is 5.26. The molecule has 0 bridgehead atoms. The molecule has 0 aliphatic rings. The molecule has 2 heterocycles. The molecule has 0 spiro atoms. The van der Waals surface area contributed by atoms with Crippen molar-refractivity contribution in [3.8, 4) is 0 Å². The number of nitrogens with two attached hydrogens (primary N) is 1. The number of hydrogen-bond donors (Lipinski definition) is 3. The van der Waals surface area contributed by atoms with Crippen LogP contribution >= 0.6 is 0 Å². The summed E-state index contributed by atoms with van der Waals surface area (Å²) in [7, 11) is 0. The highest BCUT2D eigenvalue weighted by atomic mass is 16.4. The van der Waals surface area contributed by atoms with Crippen molar-refractivity contribution in [2.75, 3.05) is 11.1 Å². The molecule has 0 aliphatic carbocycles. The van der Waals surface area contributed by atoms with Gasteiger partial charge in [0.25, 0.3) is 0 Å². The second-order valence-electron chi connectivity index (χ2n) is 3.70. The van der Waals surface area contributed by atoms with Crippen LogP contribution in [0.5, 0.6) is 0 Å². The van der Waals surface area contributed by atoms with Gasteiger partial charge in [-0.2, -0.15) is 0 Å². The molecular weight excluding hydrogens is 232 g/mol. The van der Waals surface area contributed by atoms with Crippen LogP contribution in [0.25, 0.3) is 0 Å². The quantitative estimate of drug-likeness (QED) is 0.761. The molecule has 0 aliphatic heterocycles. The lowest BCUT2D eigenvalue weighted by molar-refractivity contribution is 0.0690. The van der Waals surface area contributed by atoms with Gasteiger partial charge >= 0.3 is 5.97 Å². The van der Waals surface area contributed by atoms with Crippen LogP contribution in [0, 0.1) is 6.92 Å². The lowest BCUT2D eigenvalue weighted by Gasteiger charge is -2.10. The number of carboxylic acids is 1. The SMILES string of the molecule is Cc1ncccc1Nc1nc(C(=O)O)ccc1N. The normalized spacial score (nSPS) is 10.1. The number of nitrogens with zero attached hydrogens (tertiary/aromatic N) is 2. The van der Waals surface area contributed by atoms with Crippen molar-refractivity contribution in [1.82, 2.24) is 9.97 Å². The van der Waals surface area contributed by atoms with Gasteiger partial charge in [0, 0.05) is 6.20 Å². The number of aryl methyl sites for hydroxylation is 1. The number of aromatic carboxylic acids is 1. The zero-order valence-electron chi connectivity index (χ0n) is 9.71. The van der Waals surface area contributed by atoms with E-state index < -0.39 is 5.97 Å². The molecule has 4 N–H and O–H groups in total. The van der Waals surface area contributed by atoms with Crippen LogP contribution < -0.4 is 11.1 Å². The van der Waals surface area contributed by atoms with E-state index in [-0.39, 0.29) is 5.69 Å². The number of rotatable bonds is 3. The Kier molecular flexibility index (Phi) is 3.09. The van der Waals surface area contributed by atoms with Crippen molar-refractivity contribution in [1.29, 1.82) is 0 Å².